The van der Waals surface area contributed by atoms with Gasteiger partial charge in [0.15, 0.2) is 0 Å². The molecule has 0 saturated heterocycles. The lowest BCUT2D eigenvalue weighted by molar-refractivity contribution is 0.330. The van der Waals surface area contributed by atoms with Crippen LogP contribution in [0.1, 0.15) is 62.5 Å². The first-order valence-electron chi connectivity index (χ1n) is 8.05. The van der Waals surface area contributed by atoms with E-state index in [9.17, 15) is 4.39 Å². The average Bonchev–Trinajstić information content (AvgIpc) is 2.50. The van der Waals surface area contributed by atoms with Crippen molar-refractivity contribution in [1.29, 1.82) is 0 Å². The third-order valence-electron chi connectivity index (χ3n) is 4.80. The summed E-state index contributed by atoms with van der Waals surface area (Å²) >= 11 is 6.20. The molecule has 0 bridgehead atoms. The first-order valence-corrected chi connectivity index (χ1v) is 8.43. The Hall–Kier alpha value is -1.45. The van der Waals surface area contributed by atoms with Crippen molar-refractivity contribution < 1.29 is 4.39 Å². The Balaban J connectivity index is 1.89. The average molecular weight is 333 g/mol. The van der Waals surface area contributed by atoms with E-state index in [1.165, 1.54) is 11.6 Å². The molecule has 1 heterocycles. The molecule has 0 amide bonds. The Morgan fingerprint density at radius 1 is 1.30 bits per heavy atom. The van der Waals surface area contributed by atoms with Gasteiger partial charge in [-0.15, -0.1) is 0 Å². The number of hydrogen-bond acceptors (Lipinski definition) is 2. The van der Waals surface area contributed by atoms with Gasteiger partial charge in [-0.25, -0.2) is 4.39 Å². The SMILES string of the molecule is CC(NC1CCC(C)(C)c2ncccc21)c1c(F)cccc1Cl. The summed E-state index contributed by atoms with van der Waals surface area (Å²) < 4.78 is 14.1. The van der Waals surface area contributed by atoms with Crippen molar-refractivity contribution in [1.82, 2.24) is 10.3 Å². The summed E-state index contributed by atoms with van der Waals surface area (Å²) in [6.45, 7) is 6.42. The zero-order valence-corrected chi connectivity index (χ0v) is 14.5. The highest BCUT2D eigenvalue weighted by Gasteiger charge is 2.34. The molecule has 1 aliphatic rings. The molecule has 1 aliphatic carbocycles. The maximum atomic E-state index is 14.1. The predicted octanol–water partition coefficient (Wildman–Crippen LogP) is 5.34. The highest BCUT2D eigenvalue weighted by atomic mass is 35.5. The largest absolute Gasteiger partial charge is 0.303 e. The van der Waals surface area contributed by atoms with Crippen molar-refractivity contribution in [3.63, 3.8) is 0 Å². The zero-order valence-electron chi connectivity index (χ0n) is 13.7. The van der Waals surface area contributed by atoms with Crippen LogP contribution in [-0.2, 0) is 5.41 Å². The standard InChI is InChI=1S/C19H22ClFN2/c1-12(17-14(20)7-4-8-15(17)21)23-16-9-10-19(2,3)18-13(16)6-5-11-22-18/h4-8,11-12,16,23H,9-10H2,1-3H3. The van der Waals surface area contributed by atoms with Crippen LogP contribution in [0.5, 0.6) is 0 Å². The molecule has 0 fully saturated rings. The lowest BCUT2D eigenvalue weighted by atomic mass is 9.74. The summed E-state index contributed by atoms with van der Waals surface area (Å²) in [5.74, 6) is -0.264. The molecule has 0 radical (unpaired) electrons. The highest BCUT2D eigenvalue weighted by Crippen LogP contribution is 2.41. The molecule has 1 aromatic heterocycles. The van der Waals surface area contributed by atoms with E-state index < -0.39 is 0 Å². The van der Waals surface area contributed by atoms with E-state index in [2.05, 4.69) is 30.2 Å². The summed E-state index contributed by atoms with van der Waals surface area (Å²) in [7, 11) is 0. The molecular weight excluding hydrogens is 311 g/mol. The second kappa shape index (κ2) is 6.21. The van der Waals surface area contributed by atoms with Crippen LogP contribution in [0.2, 0.25) is 5.02 Å². The van der Waals surface area contributed by atoms with Gasteiger partial charge in [0.1, 0.15) is 5.82 Å². The summed E-state index contributed by atoms with van der Waals surface area (Å²) in [6.07, 6.45) is 3.90. The normalized spacial score (nSPS) is 20.8. The van der Waals surface area contributed by atoms with E-state index in [1.807, 2.05) is 19.2 Å². The number of nitrogens with one attached hydrogen (secondary N) is 1. The molecule has 2 atom stereocenters. The van der Waals surface area contributed by atoms with E-state index in [4.69, 9.17) is 11.6 Å². The lowest BCUT2D eigenvalue weighted by Crippen LogP contribution is -2.35. The van der Waals surface area contributed by atoms with E-state index in [-0.39, 0.29) is 23.3 Å². The molecule has 3 rings (SSSR count). The number of rotatable bonds is 3. The summed E-state index contributed by atoms with van der Waals surface area (Å²) in [5.41, 5.74) is 2.95. The zero-order chi connectivity index (χ0) is 16.6. The summed E-state index contributed by atoms with van der Waals surface area (Å²) in [5, 5.41) is 4.01. The van der Waals surface area contributed by atoms with Crippen molar-refractivity contribution in [2.24, 2.45) is 0 Å². The number of fused-ring (bicyclic) bond motifs is 1. The molecule has 1 N–H and O–H groups in total. The predicted molar refractivity (Wildman–Crippen MR) is 92.2 cm³/mol. The Labute approximate surface area is 142 Å². The van der Waals surface area contributed by atoms with Crippen molar-refractivity contribution in [2.75, 3.05) is 0 Å². The fraction of sp³-hybridized carbons (Fsp3) is 0.421. The van der Waals surface area contributed by atoms with Crippen LogP contribution in [0.15, 0.2) is 36.5 Å². The Bertz CT molecular complexity index is 694. The van der Waals surface area contributed by atoms with Crippen molar-refractivity contribution in [3.05, 3.63) is 64.2 Å². The molecule has 0 saturated carbocycles. The minimum absolute atomic E-state index is 0.0770. The number of benzene rings is 1. The lowest BCUT2D eigenvalue weighted by Gasteiger charge is -2.37. The van der Waals surface area contributed by atoms with Crippen LogP contribution in [-0.4, -0.2) is 4.98 Å². The van der Waals surface area contributed by atoms with E-state index in [0.29, 0.717) is 10.6 Å². The van der Waals surface area contributed by atoms with Gasteiger partial charge in [-0.3, -0.25) is 4.98 Å². The molecular formula is C19H22ClFN2. The molecule has 1 aromatic carbocycles. The molecule has 23 heavy (non-hydrogen) atoms. The first kappa shape index (κ1) is 16.4. The maximum absolute atomic E-state index is 14.1. The van der Waals surface area contributed by atoms with Gasteiger partial charge in [0, 0.05) is 34.3 Å². The second-order valence-corrected chi connectivity index (χ2v) is 7.35. The topological polar surface area (TPSA) is 24.9 Å². The van der Waals surface area contributed by atoms with Crippen molar-refractivity contribution in [3.8, 4) is 0 Å². The number of halogens is 2. The van der Waals surface area contributed by atoms with Crippen molar-refractivity contribution >= 4 is 11.6 Å². The van der Waals surface area contributed by atoms with Crippen LogP contribution >= 0.6 is 11.6 Å². The third kappa shape index (κ3) is 3.13. The van der Waals surface area contributed by atoms with Crippen LogP contribution in [0.3, 0.4) is 0 Å². The molecule has 2 nitrogen and oxygen atoms in total. The number of nitrogens with zero attached hydrogens (tertiary/aromatic N) is 1. The minimum Gasteiger partial charge on any atom is -0.303 e. The summed E-state index contributed by atoms with van der Waals surface area (Å²) in [6, 6.07) is 8.92. The van der Waals surface area contributed by atoms with E-state index in [1.54, 1.807) is 12.1 Å². The summed E-state index contributed by atoms with van der Waals surface area (Å²) in [4.78, 5) is 4.60. The Morgan fingerprint density at radius 2 is 2.09 bits per heavy atom. The molecule has 2 aromatic rings. The van der Waals surface area contributed by atoms with Gasteiger partial charge in [-0.2, -0.15) is 0 Å². The quantitative estimate of drug-likeness (QED) is 0.820. The third-order valence-corrected chi connectivity index (χ3v) is 5.13. The molecule has 0 aliphatic heterocycles. The van der Waals surface area contributed by atoms with Gasteiger partial charge < -0.3 is 5.32 Å². The molecule has 122 valence electrons. The van der Waals surface area contributed by atoms with Crippen LogP contribution in [0, 0.1) is 5.82 Å². The molecule has 4 heteroatoms. The fourth-order valence-electron chi connectivity index (χ4n) is 3.53. The number of hydrogen-bond donors (Lipinski definition) is 1. The fourth-order valence-corrected chi connectivity index (χ4v) is 3.85. The first-order chi connectivity index (χ1) is 10.9. The van der Waals surface area contributed by atoms with Gasteiger partial charge in [0.2, 0.25) is 0 Å². The molecule has 2 unspecified atom stereocenters. The van der Waals surface area contributed by atoms with Gasteiger partial charge >= 0.3 is 0 Å². The smallest absolute Gasteiger partial charge is 0.129 e. The van der Waals surface area contributed by atoms with Crippen LogP contribution in [0.4, 0.5) is 4.39 Å². The van der Waals surface area contributed by atoms with Crippen molar-refractivity contribution in [2.45, 2.75) is 51.1 Å². The van der Waals surface area contributed by atoms with E-state index >= 15 is 0 Å². The second-order valence-electron chi connectivity index (χ2n) is 6.94. The van der Waals surface area contributed by atoms with Crippen LogP contribution in [0.25, 0.3) is 0 Å². The number of aromatic nitrogens is 1. The Kier molecular flexibility index (Phi) is 4.43. The van der Waals surface area contributed by atoms with Gasteiger partial charge in [0.25, 0.3) is 0 Å². The van der Waals surface area contributed by atoms with Gasteiger partial charge in [-0.1, -0.05) is 37.6 Å². The van der Waals surface area contributed by atoms with Crippen LogP contribution < -0.4 is 5.32 Å². The molecule has 0 spiro atoms. The monoisotopic (exact) mass is 332 g/mol. The highest BCUT2D eigenvalue weighted by molar-refractivity contribution is 6.31. The van der Waals surface area contributed by atoms with Gasteiger partial charge in [-0.05, 0) is 43.5 Å². The maximum Gasteiger partial charge on any atom is 0.129 e. The number of pyridine rings is 1. The van der Waals surface area contributed by atoms with E-state index in [0.717, 1.165) is 18.5 Å². The Morgan fingerprint density at radius 3 is 2.83 bits per heavy atom. The van der Waals surface area contributed by atoms with Gasteiger partial charge in [0.05, 0.1) is 5.69 Å². The minimum atomic E-state index is -0.264.